The molecule has 1 aromatic carbocycles. The van der Waals surface area contributed by atoms with Crippen LogP contribution in [0.1, 0.15) is 37.0 Å². The number of hydrogen-bond acceptors (Lipinski definition) is 5. The molecular weight excluding hydrogens is 340 g/mol. The molecule has 1 rings (SSSR count). The van der Waals surface area contributed by atoms with Gasteiger partial charge in [0.25, 0.3) is 0 Å². The van der Waals surface area contributed by atoms with Crippen molar-refractivity contribution in [3.05, 3.63) is 28.2 Å². The van der Waals surface area contributed by atoms with Crippen LogP contribution in [-0.2, 0) is 14.3 Å². The number of hydrogen-bond donors (Lipinski definition) is 0. The van der Waals surface area contributed by atoms with E-state index in [0.717, 1.165) is 17.3 Å². The fourth-order valence-corrected chi connectivity index (χ4v) is 1.92. The highest BCUT2D eigenvalue weighted by Gasteiger charge is 2.10. The lowest BCUT2D eigenvalue weighted by molar-refractivity contribution is -0.141. The molecule has 0 bridgehead atoms. The molecule has 0 aliphatic rings. The van der Waals surface area contributed by atoms with E-state index < -0.39 is 0 Å². The van der Waals surface area contributed by atoms with Crippen molar-refractivity contribution in [2.45, 2.75) is 26.7 Å². The summed E-state index contributed by atoms with van der Waals surface area (Å²) in [6.45, 7) is 4.35. The van der Waals surface area contributed by atoms with E-state index in [1.807, 2.05) is 0 Å². The standard InChI is InChI=1S/C15H19BrO5/c1-3-19-15(18)12-6-7-13(16)14(10-12)21-9-5-4-8-20-11(2)17/h6-7,10H,3-5,8-9H2,1-2H3. The largest absolute Gasteiger partial charge is 0.492 e. The summed E-state index contributed by atoms with van der Waals surface area (Å²) >= 11 is 3.37. The summed E-state index contributed by atoms with van der Waals surface area (Å²) < 4.78 is 16.2. The number of esters is 2. The van der Waals surface area contributed by atoms with Gasteiger partial charge in [0.2, 0.25) is 0 Å². The molecule has 0 heterocycles. The molecule has 21 heavy (non-hydrogen) atoms. The Morgan fingerprint density at radius 1 is 1.14 bits per heavy atom. The molecule has 6 heteroatoms. The molecule has 0 N–H and O–H groups in total. The Kier molecular flexibility index (Phi) is 7.82. The Labute approximate surface area is 132 Å². The number of rotatable bonds is 8. The number of carbonyl (C=O) groups is 2. The summed E-state index contributed by atoms with van der Waals surface area (Å²) in [5, 5.41) is 0. The van der Waals surface area contributed by atoms with E-state index in [4.69, 9.17) is 14.2 Å². The zero-order chi connectivity index (χ0) is 15.7. The number of benzene rings is 1. The maximum absolute atomic E-state index is 11.6. The average molecular weight is 359 g/mol. The molecule has 5 nitrogen and oxygen atoms in total. The van der Waals surface area contributed by atoms with Crippen LogP contribution >= 0.6 is 15.9 Å². The molecule has 0 radical (unpaired) electrons. The average Bonchev–Trinajstić information content (AvgIpc) is 2.44. The van der Waals surface area contributed by atoms with E-state index in [9.17, 15) is 9.59 Å². The van der Waals surface area contributed by atoms with Crippen molar-refractivity contribution in [2.75, 3.05) is 19.8 Å². The van der Waals surface area contributed by atoms with Gasteiger partial charge in [-0.15, -0.1) is 0 Å². The van der Waals surface area contributed by atoms with E-state index in [1.165, 1.54) is 6.92 Å². The first-order valence-electron chi connectivity index (χ1n) is 6.77. The summed E-state index contributed by atoms with van der Waals surface area (Å²) in [7, 11) is 0. The van der Waals surface area contributed by atoms with Gasteiger partial charge < -0.3 is 14.2 Å². The minimum atomic E-state index is -0.371. The first-order valence-corrected chi connectivity index (χ1v) is 7.56. The molecule has 0 saturated heterocycles. The molecular formula is C15H19BrO5. The maximum atomic E-state index is 11.6. The van der Waals surface area contributed by atoms with Crippen molar-refractivity contribution in [1.82, 2.24) is 0 Å². The number of halogens is 1. The molecule has 0 saturated carbocycles. The summed E-state index contributed by atoms with van der Waals surface area (Å²) in [6, 6.07) is 5.07. The fraction of sp³-hybridized carbons (Fsp3) is 0.467. The molecule has 0 spiro atoms. The molecule has 0 aromatic heterocycles. The van der Waals surface area contributed by atoms with Gasteiger partial charge in [-0.05, 0) is 53.9 Å². The second-order valence-electron chi connectivity index (χ2n) is 4.26. The summed E-state index contributed by atoms with van der Waals surface area (Å²) in [5.41, 5.74) is 0.454. The molecule has 1 aromatic rings. The van der Waals surface area contributed by atoms with Crippen molar-refractivity contribution in [2.24, 2.45) is 0 Å². The zero-order valence-electron chi connectivity index (χ0n) is 12.2. The van der Waals surface area contributed by atoms with Gasteiger partial charge in [0.05, 0.1) is 29.9 Å². The van der Waals surface area contributed by atoms with Gasteiger partial charge in [-0.3, -0.25) is 4.79 Å². The normalized spacial score (nSPS) is 10.0. The summed E-state index contributed by atoms with van der Waals surface area (Å²) in [5.74, 6) is -0.0569. The second-order valence-corrected chi connectivity index (χ2v) is 5.12. The van der Waals surface area contributed by atoms with E-state index in [1.54, 1.807) is 25.1 Å². The maximum Gasteiger partial charge on any atom is 0.338 e. The lowest BCUT2D eigenvalue weighted by Crippen LogP contribution is -2.06. The van der Waals surface area contributed by atoms with Crippen LogP contribution in [0.25, 0.3) is 0 Å². The van der Waals surface area contributed by atoms with Gasteiger partial charge >= 0.3 is 11.9 Å². The summed E-state index contributed by atoms with van der Waals surface area (Å²) in [4.78, 5) is 22.2. The van der Waals surface area contributed by atoms with Gasteiger partial charge in [-0.2, -0.15) is 0 Å². The van der Waals surface area contributed by atoms with E-state index >= 15 is 0 Å². The predicted molar refractivity (Wildman–Crippen MR) is 81.5 cm³/mol. The van der Waals surface area contributed by atoms with E-state index in [0.29, 0.717) is 31.1 Å². The van der Waals surface area contributed by atoms with Crippen molar-refractivity contribution in [3.63, 3.8) is 0 Å². The van der Waals surface area contributed by atoms with Crippen LogP contribution in [0, 0.1) is 0 Å². The molecule has 0 fully saturated rings. The fourth-order valence-electron chi connectivity index (χ4n) is 1.56. The molecule has 0 amide bonds. The number of unbranched alkanes of at least 4 members (excludes halogenated alkanes) is 1. The highest BCUT2D eigenvalue weighted by atomic mass is 79.9. The minimum Gasteiger partial charge on any atom is -0.492 e. The number of ether oxygens (including phenoxy) is 3. The lowest BCUT2D eigenvalue weighted by Gasteiger charge is -2.10. The highest BCUT2D eigenvalue weighted by Crippen LogP contribution is 2.26. The van der Waals surface area contributed by atoms with Crippen LogP contribution in [0.15, 0.2) is 22.7 Å². The zero-order valence-corrected chi connectivity index (χ0v) is 13.8. The van der Waals surface area contributed by atoms with Crippen LogP contribution in [0.3, 0.4) is 0 Å². The van der Waals surface area contributed by atoms with Gasteiger partial charge in [0.15, 0.2) is 0 Å². The molecule has 0 aliphatic carbocycles. The van der Waals surface area contributed by atoms with Crippen molar-refractivity contribution < 1.29 is 23.8 Å². The van der Waals surface area contributed by atoms with Crippen molar-refractivity contribution in [1.29, 1.82) is 0 Å². The third-order valence-electron chi connectivity index (χ3n) is 2.54. The quantitative estimate of drug-likeness (QED) is 0.526. The summed E-state index contributed by atoms with van der Waals surface area (Å²) in [6.07, 6.45) is 1.48. The molecule has 0 atom stereocenters. The molecule has 0 aliphatic heterocycles. The van der Waals surface area contributed by atoms with Gasteiger partial charge in [0, 0.05) is 6.92 Å². The van der Waals surface area contributed by atoms with Gasteiger partial charge in [-0.1, -0.05) is 0 Å². The van der Waals surface area contributed by atoms with Gasteiger partial charge in [-0.25, -0.2) is 4.79 Å². The third kappa shape index (κ3) is 6.62. The Morgan fingerprint density at radius 2 is 1.86 bits per heavy atom. The first kappa shape index (κ1) is 17.5. The van der Waals surface area contributed by atoms with Crippen LogP contribution in [0.5, 0.6) is 5.75 Å². The minimum absolute atomic E-state index is 0.277. The topological polar surface area (TPSA) is 61.8 Å². The predicted octanol–water partition coefficient (Wildman–Crippen LogP) is 3.35. The first-order chi connectivity index (χ1) is 10.0. The van der Waals surface area contributed by atoms with Crippen LogP contribution < -0.4 is 4.74 Å². The lowest BCUT2D eigenvalue weighted by atomic mass is 10.2. The number of carbonyl (C=O) groups excluding carboxylic acids is 2. The Bertz CT molecular complexity index is 487. The third-order valence-corrected chi connectivity index (χ3v) is 3.20. The van der Waals surface area contributed by atoms with Crippen molar-refractivity contribution >= 4 is 27.9 Å². The highest BCUT2D eigenvalue weighted by molar-refractivity contribution is 9.10. The van der Waals surface area contributed by atoms with Gasteiger partial charge in [0.1, 0.15) is 5.75 Å². The van der Waals surface area contributed by atoms with E-state index in [2.05, 4.69) is 15.9 Å². The Morgan fingerprint density at radius 3 is 2.52 bits per heavy atom. The monoisotopic (exact) mass is 358 g/mol. The Balaban J connectivity index is 2.45. The Hall–Kier alpha value is -1.56. The molecule has 0 unspecified atom stereocenters. The second kappa shape index (κ2) is 9.39. The van der Waals surface area contributed by atoms with E-state index in [-0.39, 0.29) is 11.9 Å². The SMILES string of the molecule is CCOC(=O)c1ccc(Br)c(OCCCCOC(C)=O)c1. The molecule has 116 valence electrons. The van der Waals surface area contributed by atoms with Crippen LogP contribution in [0.2, 0.25) is 0 Å². The van der Waals surface area contributed by atoms with Crippen LogP contribution in [-0.4, -0.2) is 31.8 Å². The van der Waals surface area contributed by atoms with Crippen molar-refractivity contribution in [3.8, 4) is 5.75 Å². The van der Waals surface area contributed by atoms with Crippen LogP contribution in [0.4, 0.5) is 0 Å². The smallest absolute Gasteiger partial charge is 0.338 e.